The highest BCUT2D eigenvalue weighted by atomic mass is 79.9. The Morgan fingerprint density at radius 2 is 2.02 bits per heavy atom. The topological polar surface area (TPSA) is 102 Å². The minimum atomic E-state index is -0.676. The number of fused-ring (bicyclic) bond motifs is 2. The maximum Gasteiger partial charge on any atom is 0.318 e. The SMILES string of the molecule is C=C(F)CC(=O)N1CCN(c2nc(OC[C@@H]3CCCN3C)nc3c2CCN(c2nccc4cccc(Br)c24)C3)C[C@@H]1CC#N. The number of rotatable bonds is 8. The van der Waals surface area contributed by atoms with Gasteiger partial charge in [-0.3, -0.25) is 4.79 Å². The van der Waals surface area contributed by atoms with Gasteiger partial charge in [-0.25, -0.2) is 9.37 Å². The summed E-state index contributed by atoms with van der Waals surface area (Å²) in [6.07, 6.45) is 4.52. The minimum Gasteiger partial charge on any atom is -0.462 e. The average Bonchev–Trinajstić information content (AvgIpc) is 3.43. The highest BCUT2D eigenvalue weighted by molar-refractivity contribution is 9.10. The van der Waals surface area contributed by atoms with Crippen molar-refractivity contribution in [1.82, 2.24) is 24.8 Å². The van der Waals surface area contributed by atoms with Gasteiger partial charge in [0.2, 0.25) is 5.91 Å². The van der Waals surface area contributed by atoms with Crippen LogP contribution >= 0.6 is 15.9 Å². The van der Waals surface area contributed by atoms with Crippen LogP contribution in [0.5, 0.6) is 6.01 Å². The highest BCUT2D eigenvalue weighted by Gasteiger charge is 2.34. The van der Waals surface area contributed by atoms with Gasteiger partial charge in [-0.2, -0.15) is 15.2 Å². The van der Waals surface area contributed by atoms with E-state index in [0.29, 0.717) is 51.3 Å². The van der Waals surface area contributed by atoms with Crippen LogP contribution in [-0.4, -0.2) is 89.1 Å². The molecule has 12 heteroatoms. The molecule has 1 aromatic carbocycles. The van der Waals surface area contributed by atoms with E-state index in [4.69, 9.17) is 19.7 Å². The second kappa shape index (κ2) is 13.0. The fourth-order valence-corrected chi connectivity index (χ4v) is 7.14. The molecule has 2 fully saturated rings. The van der Waals surface area contributed by atoms with E-state index < -0.39 is 5.83 Å². The number of amides is 1. The second-order valence-corrected chi connectivity index (χ2v) is 12.6. The molecule has 1 amide bonds. The van der Waals surface area contributed by atoms with Crippen LogP contribution in [0.25, 0.3) is 10.8 Å². The number of piperazine rings is 1. The molecule has 0 spiro atoms. The van der Waals surface area contributed by atoms with Crippen molar-refractivity contribution in [1.29, 1.82) is 5.26 Å². The summed E-state index contributed by atoms with van der Waals surface area (Å²) < 4.78 is 20.8. The molecule has 44 heavy (non-hydrogen) atoms. The molecule has 3 aromatic rings. The van der Waals surface area contributed by atoms with Crippen molar-refractivity contribution in [3.63, 3.8) is 0 Å². The molecule has 2 aromatic heterocycles. The van der Waals surface area contributed by atoms with E-state index in [0.717, 1.165) is 64.1 Å². The summed E-state index contributed by atoms with van der Waals surface area (Å²) >= 11 is 3.73. The van der Waals surface area contributed by atoms with Crippen molar-refractivity contribution < 1.29 is 13.9 Å². The van der Waals surface area contributed by atoms with Crippen molar-refractivity contribution >= 4 is 44.2 Å². The van der Waals surface area contributed by atoms with Gasteiger partial charge in [-0.1, -0.05) is 34.6 Å². The lowest BCUT2D eigenvalue weighted by atomic mass is 10.0. The minimum absolute atomic E-state index is 0.140. The third kappa shape index (κ3) is 6.21. The Hall–Kier alpha value is -3.82. The summed E-state index contributed by atoms with van der Waals surface area (Å²) in [7, 11) is 2.11. The molecule has 6 rings (SSSR count). The number of ether oxygens (including phenoxy) is 1. The number of aromatic nitrogens is 3. The first-order valence-electron chi connectivity index (χ1n) is 15.1. The maximum atomic E-state index is 13.5. The predicted octanol–water partition coefficient (Wildman–Crippen LogP) is 4.63. The summed E-state index contributed by atoms with van der Waals surface area (Å²) in [4.78, 5) is 35.7. The van der Waals surface area contributed by atoms with E-state index in [9.17, 15) is 14.4 Å². The van der Waals surface area contributed by atoms with Crippen molar-refractivity contribution in [2.75, 3.05) is 56.2 Å². The first-order valence-corrected chi connectivity index (χ1v) is 15.9. The van der Waals surface area contributed by atoms with Crippen molar-refractivity contribution in [3.05, 3.63) is 58.6 Å². The van der Waals surface area contributed by atoms with Crippen LogP contribution in [0.2, 0.25) is 0 Å². The lowest BCUT2D eigenvalue weighted by molar-refractivity contribution is -0.133. The molecule has 0 saturated carbocycles. The monoisotopic (exact) mass is 662 g/mol. The molecule has 0 aliphatic carbocycles. The zero-order chi connectivity index (χ0) is 30.8. The van der Waals surface area contributed by atoms with Crippen molar-refractivity contribution in [3.8, 4) is 12.1 Å². The van der Waals surface area contributed by atoms with E-state index >= 15 is 0 Å². The lowest BCUT2D eigenvalue weighted by Gasteiger charge is -2.42. The van der Waals surface area contributed by atoms with Gasteiger partial charge in [-0.05, 0) is 50.4 Å². The van der Waals surface area contributed by atoms with Gasteiger partial charge in [0.15, 0.2) is 0 Å². The second-order valence-electron chi connectivity index (χ2n) is 11.7. The van der Waals surface area contributed by atoms with Gasteiger partial charge in [0.05, 0.1) is 37.2 Å². The van der Waals surface area contributed by atoms with Crippen LogP contribution in [0.4, 0.5) is 16.0 Å². The molecule has 3 aliphatic heterocycles. The number of likely N-dealkylation sites (tertiary alicyclic amines) is 1. The Bertz CT molecular complexity index is 1610. The highest BCUT2D eigenvalue weighted by Crippen LogP contribution is 2.36. The number of likely N-dealkylation sites (N-methyl/N-ethyl adjacent to an activating group) is 1. The first kappa shape index (κ1) is 30.2. The fraction of sp³-hybridized carbons (Fsp3) is 0.469. The summed E-state index contributed by atoms with van der Waals surface area (Å²) in [5.41, 5.74) is 1.92. The average molecular weight is 664 g/mol. The standard InChI is InChI=1S/C32H36BrFN8O2/c1-21(34)17-28(43)42-16-15-41(18-23(42)8-11-35)30-25-10-14-40(31-29-22(9-12-36-31)5-3-7-26(29)33)19-27(25)37-32(38-30)44-20-24-6-4-13-39(24)2/h3,5,7,9,12,23-24H,1,4,6,8,10,13-20H2,2H3/t23-,24-/m0/s1. The molecule has 0 radical (unpaired) electrons. The molecule has 0 N–H and O–H groups in total. The number of hydrogen-bond donors (Lipinski definition) is 0. The largest absolute Gasteiger partial charge is 0.462 e. The first-order chi connectivity index (χ1) is 21.3. The summed E-state index contributed by atoms with van der Waals surface area (Å²) in [5, 5.41) is 11.7. The number of carbonyl (C=O) groups excluding carboxylic acids is 1. The van der Waals surface area contributed by atoms with Gasteiger partial charge in [0.25, 0.3) is 0 Å². The fourth-order valence-electron chi connectivity index (χ4n) is 6.59. The molecule has 0 unspecified atom stereocenters. The zero-order valence-corrected chi connectivity index (χ0v) is 26.5. The van der Waals surface area contributed by atoms with E-state index in [1.165, 1.54) is 0 Å². The number of pyridine rings is 1. The molecule has 0 bridgehead atoms. The molecule has 5 heterocycles. The summed E-state index contributed by atoms with van der Waals surface area (Å²) in [6.45, 7) is 7.33. The predicted molar refractivity (Wildman–Crippen MR) is 170 cm³/mol. The van der Waals surface area contributed by atoms with Gasteiger partial charge in [-0.15, -0.1) is 0 Å². The number of nitriles is 1. The van der Waals surface area contributed by atoms with E-state index in [-0.39, 0.29) is 24.8 Å². The van der Waals surface area contributed by atoms with Gasteiger partial charge >= 0.3 is 6.01 Å². The number of carbonyl (C=O) groups is 1. The van der Waals surface area contributed by atoms with Gasteiger partial charge in [0.1, 0.15) is 24.1 Å². The number of anilines is 2. The van der Waals surface area contributed by atoms with Gasteiger partial charge in [0, 0.05) is 53.8 Å². The Morgan fingerprint density at radius 3 is 2.80 bits per heavy atom. The molecule has 10 nitrogen and oxygen atoms in total. The Labute approximate surface area is 265 Å². The zero-order valence-electron chi connectivity index (χ0n) is 24.9. The van der Waals surface area contributed by atoms with E-state index in [1.807, 2.05) is 24.4 Å². The molecule has 2 saturated heterocycles. The van der Waals surface area contributed by atoms with Crippen LogP contribution in [0.3, 0.4) is 0 Å². The number of nitrogens with zero attached hydrogens (tertiary/aromatic N) is 8. The van der Waals surface area contributed by atoms with Crippen LogP contribution in [0.1, 0.15) is 36.9 Å². The number of hydrogen-bond acceptors (Lipinski definition) is 9. The Morgan fingerprint density at radius 1 is 1.16 bits per heavy atom. The van der Waals surface area contributed by atoms with E-state index in [2.05, 4.69) is 56.4 Å². The van der Waals surface area contributed by atoms with Gasteiger partial charge < -0.3 is 24.3 Å². The molecular formula is C32H36BrFN8O2. The smallest absolute Gasteiger partial charge is 0.318 e. The molecule has 230 valence electrons. The number of benzene rings is 1. The normalized spacial score (nSPS) is 20.5. The van der Waals surface area contributed by atoms with Crippen LogP contribution in [0, 0.1) is 11.3 Å². The maximum absolute atomic E-state index is 13.5. The third-order valence-electron chi connectivity index (χ3n) is 8.89. The summed E-state index contributed by atoms with van der Waals surface area (Å²) in [5.74, 6) is 0.647. The molecule has 3 aliphatic rings. The molecule has 2 atom stereocenters. The molecular weight excluding hydrogens is 627 g/mol. The Kier molecular flexibility index (Phi) is 8.96. The quantitative estimate of drug-likeness (QED) is 0.342. The number of halogens is 2. The lowest BCUT2D eigenvalue weighted by Crippen LogP contribution is -2.55. The summed E-state index contributed by atoms with van der Waals surface area (Å²) in [6, 6.07) is 10.6. The van der Waals surface area contributed by atoms with Crippen molar-refractivity contribution in [2.24, 2.45) is 0 Å². The van der Waals surface area contributed by atoms with Crippen LogP contribution < -0.4 is 14.5 Å². The van der Waals surface area contributed by atoms with Crippen LogP contribution in [0.15, 0.2) is 47.3 Å². The third-order valence-corrected chi connectivity index (χ3v) is 9.55. The van der Waals surface area contributed by atoms with Crippen LogP contribution in [-0.2, 0) is 17.8 Å². The van der Waals surface area contributed by atoms with E-state index in [1.54, 1.807) is 4.90 Å². The van der Waals surface area contributed by atoms with Crippen molar-refractivity contribution in [2.45, 2.75) is 50.7 Å². The Balaban J connectivity index is 1.32.